The van der Waals surface area contributed by atoms with Crippen LogP contribution >= 0.6 is 0 Å². The third-order valence-electron chi connectivity index (χ3n) is 4.68. The van der Waals surface area contributed by atoms with Gasteiger partial charge in [-0.2, -0.15) is 13.2 Å². The van der Waals surface area contributed by atoms with Crippen molar-refractivity contribution in [1.29, 1.82) is 0 Å². The van der Waals surface area contributed by atoms with Gasteiger partial charge in [-0.25, -0.2) is 13.1 Å². The second-order valence-corrected chi connectivity index (χ2v) is 9.38. The average Bonchev–Trinajstić information content (AvgIpc) is 3.04. The highest BCUT2D eigenvalue weighted by atomic mass is 32.2. The Balaban J connectivity index is 1.64. The molecule has 26 heavy (non-hydrogen) atoms. The smallest absolute Gasteiger partial charge is 0.401 e. The highest BCUT2D eigenvalue weighted by Gasteiger charge is 2.36. The van der Waals surface area contributed by atoms with Crippen LogP contribution in [-0.2, 0) is 16.4 Å². The van der Waals surface area contributed by atoms with Gasteiger partial charge >= 0.3 is 6.18 Å². The highest BCUT2D eigenvalue weighted by molar-refractivity contribution is 7.89. The summed E-state index contributed by atoms with van der Waals surface area (Å²) in [4.78, 5) is 1.40. The van der Waals surface area contributed by atoms with Crippen LogP contribution in [0.15, 0.2) is 23.1 Å². The summed E-state index contributed by atoms with van der Waals surface area (Å²) in [6, 6.07) is 5.01. The number of fused-ring (bicyclic) bond motifs is 1. The number of hydrogen-bond donors (Lipinski definition) is 1. The number of sulfonamides is 1. The van der Waals surface area contributed by atoms with Gasteiger partial charge in [-0.3, -0.25) is 4.90 Å². The van der Waals surface area contributed by atoms with Crippen molar-refractivity contribution in [2.75, 3.05) is 26.2 Å². The summed E-state index contributed by atoms with van der Waals surface area (Å²) >= 11 is 0. The Morgan fingerprint density at radius 1 is 1.35 bits per heavy atom. The Labute approximate surface area is 151 Å². The van der Waals surface area contributed by atoms with E-state index in [0.29, 0.717) is 25.1 Å². The third-order valence-corrected chi connectivity index (χ3v) is 6.13. The van der Waals surface area contributed by atoms with Crippen molar-refractivity contribution in [3.8, 4) is 5.75 Å². The van der Waals surface area contributed by atoms with E-state index in [0.717, 1.165) is 5.56 Å². The molecule has 0 aliphatic carbocycles. The van der Waals surface area contributed by atoms with Crippen LogP contribution in [0.2, 0.25) is 0 Å². The first-order valence-electron chi connectivity index (χ1n) is 8.55. The van der Waals surface area contributed by atoms with Crippen molar-refractivity contribution in [3.63, 3.8) is 0 Å². The molecule has 5 nitrogen and oxygen atoms in total. The monoisotopic (exact) mass is 392 g/mol. The van der Waals surface area contributed by atoms with E-state index < -0.39 is 28.3 Å². The van der Waals surface area contributed by atoms with E-state index in [1.807, 2.05) is 19.9 Å². The van der Waals surface area contributed by atoms with Crippen molar-refractivity contribution in [3.05, 3.63) is 23.8 Å². The van der Waals surface area contributed by atoms with E-state index in [-0.39, 0.29) is 23.9 Å². The van der Waals surface area contributed by atoms with Gasteiger partial charge in [-0.15, -0.1) is 0 Å². The van der Waals surface area contributed by atoms with E-state index >= 15 is 0 Å². The van der Waals surface area contributed by atoms with Crippen LogP contribution in [0.5, 0.6) is 5.75 Å². The third kappa shape index (κ3) is 4.50. The molecule has 2 aliphatic rings. The molecule has 1 fully saturated rings. The number of nitrogens with zero attached hydrogens (tertiary/aromatic N) is 1. The molecule has 0 spiro atoms. The van der Waals surface area contributed by atoms with Crippen LogP contribution in [0, 0.1) is 5.92 Å². The van der Waals surface area contributed by atoms with Crippen molar-refractivity contribution >= 4 is 10.0 Å². The number of likely N-dealkylation sites (tertiary alicyclic amines) is 1. The Hall–Kier alpha value is -1.32. The van der Waals surface area contributed by atoms with Gasteiger partial charge in [0.15, 0.2) is 0 Å². The lowest BCUT2D eigenvalue weighted by Gasteiger charge is -2.19. The van der Waals surface area contributed by atoms with Gasteiger partial charge in [0.1, 0.15) is 16.2 Å². The number of para-hydroxylation sites is 1. The lowest BCUT2D eigenvalue weighted by Crippen LogP contribution is -2.34. The minimum atomic E-state index is -4.23. The molecule has 1 N–H and O–H groups in total. The van der Waals surface area contributed by atoms with Crippen molar-refractivity contribution in [1.82, 2.24) is 9.62 Å². The van der Waals surface area contributed by atoms with Gasteiger partial charge in [0, 0.05) is 19.5 Å². The molecule has 3 rings (SSSR count). The minimum Gasteiger partial charge on any atom is -0.486 e. The molecule has 0 saturated carbocycles. The number of nitrogens with one attached hydrogen (secondary N) is 1. The molecule has 146 valence electrons. The van der Waals surface area contributed by atoms with Gasteiger partial charge in [0.05, 0.1) is 6.54 Å². The van der Waals surface area contributed by atoms with Crippen molar-refractivity contribution in [2.24, 2.45) is 5.92 Å². The summed E-state index contributed by atoms with van der Waals surface area (Å²) in [6.45, 7) is 3.51. The number of hydrogen-bond acceptors (Lipinski definition) is 4. The molecular formula is C17H23F3N2O3S. The lowest BCUT2D eigenvalue weighted by molar-refractivity contribution is -0.143. The molecule has 0 bridgehead atoms. The number of alkyl halides is 3. The molecule has 0 radical (unpaired) electrons. The predicted octanol–water partition coefficient (Wildman–Crippen LogP) is 2.56. The fourth-order valence-electron chi connectivity index (χ4n) is 3.58. The number of rotatable bonds is 5. The normalized spacial score (nSPS) is 23.0. The van der Waals surface area contributed by atoms with Gasteiger partial charge in [0.2, 0.25) is 10.0 Å². The van der Waals surface area contributed by atoms with E-state index in [1.54, 1.807) is 6.07 Å². The molecular weight excluding hydrogens is 369 g/mol. The van der Waals surface area contributed by atoms with Gasteiger partial charge in [-0.1, -0.05) is 12.1 Å². The zero-order chi connectivity index (χ0) is 19.2. The molecule has 0 aromatic heterocycles. The molecule has 0 amide bonds. The summed E-state index contributed by atoms with van der Waals surface area (Å²) < 4.78 is 71.1. The second-order valence-electron chi connectivity index (χ2n) is 7.64. The van der Waals surface area contributed by atoms with Crippen LogP contribution in [-0.4, -0.2) is 51.3 Å². The Bertz CT molecular complexity index is 778. The summed E-state index contributed by atoms with van der Waals surface area (Å²) in [6.07, 6.45) is -3.07. The molecule has 1 atom stereocenters. The quantitative estimate of drug-likeness (QED) is 0.837. The summed E-state index contributed by atoms with van der Waals surface area (Å²) in [5.74, 6) is 0.233. The molecule has 1 unspecified atom stereocenters. The predicted molar refractivity (Wildman–Crippen MR) is 90.6 cm³/mol. The van der Waals surface area contributed by atoms with Crippen molar-refractivity contribution < 1.29 is 26.3 Å². The maximum absolute atomic E-state index is 12.7. The topological polar surface area (TPSA) is 58.6 Å². The zero-order valence-corrected chi connectivity index (χ0v) is 15.6. The Morgan fingerprint density at radius 3 is 2.77 bits per heavy atom. The largest absolute Gasteiger partial charge is 0.486 e. The average molecular weight is 392 g/mol. The summed E-state index contributed by atoms with van der Waals surface area (Å²) in [5.41, 5.74) is 0.382. The lowest BCUT2D eigenvalue weighted by atomic mass is 10.0. The second kappa shape index (κ2) is 6.69. The molecule has 1 aromatic rings. The standard InChI is InChI=1S/C17H23F3N2O3S/c1-16(2)8-13-4-3-5-14(15(13)25-16)26(23,24)21-9-12-6-7-22(10-12)11-17(18,19)20/h3-5,12,21H,6-11H2,1-2H3. The molecule has 2 heterocycles. The number of benzene rings is 1. The molecule has 2 aliphatic heterocycles. The maximum atomic E-state index is 12.7. The van der Waals surface area contributed by atoms with Crippen LogP contribution in [0.3, 0.4) is 0 Å². The van der Waals surface area contributed by atoms with Crippen LogP contribution in [0.4, 0.5) is 13.2 Å². The van der Waals surface area contributed by atoms with E-state index in [1.165, 1.54) is 11.0 Å². The molecule has 9 heteroatoms. The van der Waals surface area contributed by atoms with E-state index in [2.05, 4.69) is 4.72 Å². The van der Waals surface area contributed by atoms with E-state index in [4.69, 9.17) is 4.74 Å². The zero-order valence-electron chi connectivity index (χ0n) is 14.8. The van der Waals surface area contributed by atoms with Gasteiger partial charge in [0.25, 0.3) is 0 Å². The first-order chi connectivity index (χ1) is 12.0. The van der Waals surface area contributed by atoms with Crippen molar-refractivity contribution in [2.45, 2.75) is 43.4 Å². The van der Waals surface area contributed by atoms with E-state index in [9.17, 15) is 21.6 Å². The SMILES string of the molecule is CC1(C)Cc2cccc(S(=O)(=O)NCC3CCN(CC(F)(F)F)C3)c2O1. The Kier molecular flexibility index (Phi) is 5.00. The first kappa shape index (κ1) is 19.4. The van der Waals surface area contributed by atoms with Crippen LogP contribution in [0.1, 0.15) is 25.8 Å². The fourth-order valence-corrected chi connectivity index (χ4v) is 4.87. The highest BCUT2D eigenvalue weighted by Crippen LogP contribution is 2.39. The number of ether oxygens (including phenoxy) is 1. The number of halogens is 3. The van der Waals surface area contributed by atoms with Gasteiger partial charge in [-0.05, 0) is 44.4 Å². The minimum absolute atomic E-state index is 0.0886. The Morgan fingerprint density at radius 2 is 2.08 bits per heavy atom. The van der Waals surface area contributed by atoms with Crippen LogP contribution in [0.25, 0.3) is 0 Å². The van der Waals surface area contributed by atoms with Gasteiger partial charge < -0.3 is 4.74 Å². The summed E-state index contributed by atoms with van der Waals surface area (Å²) in [7, 11) is -3.79. The van der Waals surface area contributed by atoms with Crippen LogP contribution < -0.4 is 9.46 Å². The molecule has 1 aromatic carbocycles. The first-order valence-corrected chi connectivity index (χ1v) is 10.0. The maximum Gasteiger partial charge on any atom is 0.401 e. The fraction of sp³-hybridized carbons (Fsp3) is 0.647. The summed E-state index contributed by atoms with van der Waals surface area (Å²) in [5, 5.41) is 0. The molecule has 1 saturated heterocycles.